The lowest BCUT2D eigenvalue weighted by Crippen LogP contribution is -2.32. The number of nitrogens with zero attached hydrogens (tertiary/aromatic N) is 2. The predicted molar refractivity (Wildman–Crippen MR) is 104 cm³/mol. The van der Waals surface area contributed by atoms with Crippen molar-refractivity contribution in [3.05, 3.63) is 59.1 Å². The second-order valence-corrected chi connectivity index (χ2v) is 6.41. The number of aromatic nitrogens is 2. The number of nitrogens with one attached hydrogen (secondary N) is 1. The molecule has 0 bridgehead atoms. The molecule has 0 fully saturated rings. The Hall–Kier alpha value is -2.93. The van der Waals surface area contributed by atoms with Crippen LogP contribution in [0.5, 0.6) is 5.75 Å². The SMILES string of the molecule is CCc1noc(-c2ccc(NC(=O)[C@@H](CC)Oc3ccccc3F)c(Cl)c2)n1. The maximum Gasteiger partial charge on any atom is 0.265 e. The highest BCUT2D eigenvalue weighted by Crippen LogP contribution is 2.28. The summed E-state index contributed by atoms with van der Waals surface area (Å²) < 4.78 is 24.5. The molecule has 0 aliphatic rings. The van der Waals surface area contributed by atoms with Crippen molar-refractivity contribution in [2.75, 3.05) is 5.32 Å². The van der Waals surface area contributed by atoms with E-state index >= 15 is 0 Å². The molecule has 1 amide bonds. The standard InChI is InChI=1S/C20H19ClFN3O3/c1-3-16(27-17-8-6-5-7-14(17)22)19(26)23-15-10-9-12(11-13(15)21)20-24-18(4-2)25-28-20/h5-11,16H,3-4H2,1-2H3,(H,23,26)/t16-/m1/s1. The second-order valence-electron chi connectivity index (χ2n) is 6.00. The van der Waals surface area contributed by atoms with Gasteiger partial charge in [0.05, 0.1) is 10.7 Å². The summed E-state index contributed by atoms with van der Waals surface area (Å²) in [7, 11) is 0. The molecule has 2 aromatic carbocycles. The zero-order valence-electron chi connectivity index (χ0n) is 15.4. The fraction of sp³-hybridized carbons (Fsp3) is 0.250. The normalized spacial score (nSPS) is 11.9. The Balaban J connectivity index is 1.73. The van der Waals surface area contributed by atoms with Gasteiger partial charge in [0, 0.05) is 12.0 Å². The lowest BCUT2D eigenvalue weighted by Gasteiger charge is -2.18. The van der Waals surface area contributed by atoms with Gasteiger partial charge in [0.15, 0.2) is 23.5 Å². The van der Waals surface area contributed by atoms with Crippen LogP contribution in [0.1, 0.15) is 26.1 Å². The Morgan fingerprint density at radius 1 is 1.29 bits per heavy atom. The van der Waals surface area contributed by atoms with Crippen LogP contribution in [0.15, 0.2) is 47.0 Å². The van der Waals surface area contributed by atoms with Gasteiger partial charge in [0.25, 0.3) is 11.8 Å². The summed E-state index contributed by atoms with van der Waals surface area (Å²) >= 11 is 6.29. The number of benzene rings is 2. The molecule has 1 N–H and O–H groups in total. The Morgan fingerprint density at radius 3 is 2.71 bits per heavy atom. The maximum atomic E-state index is 13.8. The first-order chi connectivity index (χ1) is 13.5. The van der Waals surface area contributed by atoms with Gasteiger partial charge in [0.2, 0.25) is 0 Å². The number of para-hydroxylation sites is 1. The number of amides is 1. The number of halogens is 2. The molecule has 146 valence electrons. The molecule has 8 heteroatoms. The van der Waals surface area contributed by atoms with Crippen LogP contribution >= 0.6 is 11.6 Å². The van der Waals surface area contributed by atoms with E-state index in [-0.39, 0.29) is 5.75 Å². The van der Waals surface area contributed by atoms with E-state index in [1.54, 1.807) is 37.3 Å². The third kappa shape index (κ3) is 4.48. The van der Waals surface area contributed by atoms with Crippen molar-refractivity contribution < 1.29 is 18.4 Å². The highest BCUT2D eigenvalue weighted by Gasteiger charge is 2.21. The molecule has 0 radical (unpaired) electrons. The van der Waals surface area contributed by atoms with Crippen molar-refractivity contribution in [3.63, 3.8) is 0 Å². The molecule has 0 unspecified atom stereocenters. The molecule has 0 saturated heterocycles. The number of hydrogen-bond acceptors (Lipinski definition) is 5. The minimum absolute atomic E-state index is 0.0223. The molecule has 1 atom stereocenters. The zero-order chi connectivity index (χ0) is 20.1. The van der Waals surface area contributed by atoms with Gasteiger partial charge in [0.1, 0.15) is 0 Å². The first kappa shape index (κ1) is 19.8. The molecule has 0 spiro atoms. The highest BCUT2D eigenvalue weighted by atomic mass is 35.5. The van der Waals surface area contributed by atoms with E-state index in [0.29, 0.717) is 40.8 Å². The molecule has 0 saturated carbocycles. The van der Waals surface area contributed by atoms with Crippen molar-refractivity contribution in [1.82, 2.24) is 10.1 Å². The van der Waals surface area contributed by atoms with Gasteiger partial charge in [-0.15, -0.1) is 0 Å². The van der Waals surface area contributed by atoms with E-state index < -0.39 is 17.8 Å². The smallest absolute Gasteiger partial charge is 0.265 e. The quantitative estimate of drug-likeness (QED) is 0.607. The summed E-state index contributed by atoms with van der Waals surface area (Å²) in [5.74, 6) is 0.0215. The lowest BCUT2D eigenvalue weighted by atomic mass is 10.2. The summed E-state index contributed by atoms with van der Waals surface area (Å²) in [4.78, 5) is 16.8. The molecule has 0 aliphatic carbocycles. The average molecular weight is 404 g/mol. The first-order valence-corrected chi connectivity index (χ1v) is 9.24. The van der Waals surface area contributed by atoms with Crippen LogP contribution in [0, 0.1) is 5.82 Å². The topological polar surface area (TPSA) is 77.2 Å². The molecule has 1 heterocycles. The van der Waals surface area contributed by atoms with Gasteiger partial charge < -0.3 is 14.6 Å². The summed E-state index contributed by atoms with van der Waals surface area (Å²) in [5.41, 5.74) is 1.05. The third-order valence-electron chi connectivity index (χ3n) is 4.03. The van der Waals surface area contributed by atoms with E-state index in [9.17, 15) is 9.18 Å². The van der Waals surface area contributed by atoms with E-state index in [4.69, 9.17) is 20.9 Å². The number of ether oxygens (including phenoxy) is 1. The minimum atomic E-state index is -0.865. The van der Waals surface area contributed by atoms with Gasteiger partial charge in [-0.1, -0.05) is 42.7 Å². The van der Waals surface area contributed by atoms with Gasteiger partial charge in [-0.3, -0.25) is 4.79 Å². The number of hydrogen-bond donors (Lipinski definition) is 1. The summed E-state index contributed by atoms with van der Waals surface area (Å²) in [6.45, 7) is 3.70. The Labute approximate surface area is 166 Å². The van der Waals surface area contributed by atoms with Crippen LogP contribution in [0.25, 0.3) is 11.5 Å². The van der Waals surface area contributed by atoms with Gasteiger partial charge in [-0.2, -0.15) is 4.98 Å². The number of rotatable bonds is 7. The van der Waals surface area contributed by atoms with Gasteiger partial charge >= 0.3 is 0 Å². The van der Waals surface area contributed by atoms with Crippen LogP contribution in [-0.2, 0) is 11.2 Å². The van der Waals surface area contributed by atoms with Crippen LogP contribution in [0.4, 0.5) is 10.1 Å². The number of anilines is 1. The molecule has 3 rings (SSSR count). The average Bonchev–Trinajstić information content (AvgIpc) is 3.18. The Kier molecular flexibility index (Phi) is 6.26. The van der Waals surface area contributed by atoms with E-state index in [0.717, 1.165) is 0 Å². The Bertz CT molecular complexity index is 977. The highest BCUT2D eigenvalue weighted by molar-refractivity contribution is 6.34. The molecule has 28 heavy (non-hydrogen) atoms. The van der Waals surface area contributed by atoms with E-state index in [1.165, 1.54) is 12.1 Å². The van der Waals surface area contributed by atoms with E-state index in [2.05, 4.69) is 15.5 Å². The van der Waals surface area contributed by atoms with E-state index in [1.807, 2.05) is 6.92 Å². The van der Waals surface area contributed by atoms with Crippen molar-refractivity contribution in [2.24, 2.45) is 0 Å². The van der Waals surface area contributed by atoms with Gasteiger partial charge in [-0.05, 0) is 36.8 Å². The summed E-state index contributed by atoms with van der Waals surface area (Å²) in [6.07, 6.45) is 0.152. The molecular weight excluding hydrogens is 385 g/mol. The number of carbonyl (C=O) groups excluding carboxylic acids is 1. The van der Waals surface area contributed by atoms with Crippen LogP contribution < -0.4 is 10.1 Å². The predicted octanol–water partition coefficient (Wildman–Crippen LogP) is 4.89. The summed E-state index contributed by atoms with van der Waals surface area (Å²) in [6, 6.07) is 10.9. The second kappa shape index (κ2) is 8.84. The minimum Gasteiger partial charge on any atom is -0.478 e. The fourth-order valence-corrected chi connectivity index (χ4v) is 2.72. The first-order valence-electron chi connectivity index (χ1n) is 8.86. The molecule has 3 aromatic rings. The molecular formula is C20H19ClFN3O3. The van der Waals surface area contributed by atoms with Crippen LogP contribution in [0.3, 0.4) is 0 Å². The number of carbonyl (C=O) groups is 1. The van der Waals surface area contributed by atoms with Crippen LogP contribution in [-0.4, -0.2) is 22.2 Å². The largest absolute Gasteiger partial charge is 0.478 e. The monoisotopic (exact) mass is 403 g/mol. The molecule has 1 aromatic heterocycles. The zero-order valence-corrected chi connectivity index (χ0v) is 16.2. The maximum absolute atomic E-state index is 13.8. The molecule has 0 aliphatic heterocycles. The van der Waals surface area contributed by atoms with Crippen LogP contribution in [0.2, 0.25) is 5.02 Å². The van der Waals surface area contributed by atoms with Crippen molar-refractivity contribution in [2.45, 2.75) is 32.8 Å². The fourth-order valence-electron chi connectivity index (χ4n) is 2.49. The van der Waals surface area contributed by atoms with Gasteiger partial charge in [-0.25, -0.2) is 4.39 Å². The third-order valence-corrected chi connectivity index (χ3v) is 4.34. The summed E-state index contributed by atoms with van der Waals surface area (Å²) in [5, 5.41) is 6.87. The molecule has 6 nitrogen and oxygen atoms in total. The van der Waals surface area contributed by atoms with Crippen molar-refractivity contribution in [1.29, 1.82) is 0 Å². The Morgan fingerprint density at radius 2 is 2.07 bits per heavy atom. The lowest BCUT2D eigenvalue weighted by molar-refractivity contribution is -0.122. The number of aryl methyl sites for hydroxylation is 1. The van der Waals surface area contributed by atoms with Crippen molar-refractivity contribution in [3.8, 4) is 17.2 Å². The van der Waals surface area contributed by atoms with Crippen molar-refractivity contribution >= 4 is 23.2 Å².